The minimum atomic E-state index is -4.29. The number of carbonyl (C=O) groups is 1. The molecule has 34 heavy (non-hydrogen) atoms. The molecule has 0 unspecified atom stereocenters. The third-order valence-electron chi connectivity index (χ3n) is 4.97. The predicted molar refractivity (Wildman–Crippen MR) is 124 cm³/mol. The van der Waals surface area contributed by atoms with Gasteiger partial charge in [0.25, 0.3) is 5.69 Å². The fourth-order valence-electron chi connectivity index (χ4n) is 3.12. The molecule has 3 aromatic rings. The SMILES string of the molecule is Cc1ccc(C2=N/C(=C/c3ccc(OS(=O)(=O)c4ccc(C)c([N+](=O)[O-])c4)cc3)C(=O)O2)cc1. The average Bonchev–Trinajstić information content (AvgIpc) is 3.15. The molecule has 4 rings (SSSR count). The third-order valence-corrected chi connectivity index (χ3v) is 6.22. The van der Waals surface area contributed by atoms with Crippen molar-refractivity contribution in [1.82, 2.24) is 0 Å². The van der Waals surface area contributed by atoms with Gasteiger partial charge in [0.2, 0.25) is 5.90 Å². The lowest BCUT2D eigenvalue weighted by molar-refractivity contribution is -0.385. The second-order valence-corrected chi connectivity index (χ2v) is 9.06. The van der Waals surface area contributed by atoms with Crippen LogP contribution in [-0.4, -0.2) is 25.2 Å². The highest BCUT2D eigenvalue weighted by molar-refractivity contribution is 7.87. The minimum Gasteiger partial charge on any atom is -0.402 e. The van der Waals surface area contributed by atoms with Crippen LogP contribution in [0.1, 0.15) is 22.3 Å². The maximum absolute atomic E-state index is 12.6. The predicted octanol–water partition coefficient (Wildman–Crippen LogP) is 4.32. The van der Waals surface area contributed by atoms with Crippen LogP contribution in [-0.2, 0) is 19.6 Å². The number of esters is 1. The molecule has 1 heterocycles. The molecule has 0 amide bonds. The van der Waals surface area contributed by atoms with Crippen molar-refractivity contribution in [3.63, 3.8) is 0 Å². The maximum atomic E-state index is 12.6. The van der Waals surface area contributed by atoms with Crippen LogP contribution in [0.5, 0.6) is 5.75 Å². The average molecular weight is 478 g/mol. The van der Waals surface area contributed by atoms with Crippen molar-refractivity contribution >= 4 is 33.7 Å². The summed E-state index contributed by atoms with van der Waals surface area (Å²) in [6.45, 7) is 3.46. The molecular formula is C24H18N2O7S. The van der Waals surface area contributed by atoms with Gasteiger partial charge in [0.1, 0.15) is 10.6 Å². The molecule has 0 atom stereocenters. The van der Waals surface area contributed by atoms with Crippen LogP contribution in [0.15, 0.2) is 82.3 Å². The molecule has 10 heteroatoms. The Morgan fingerprint density at radius 3 is 2.32 bits per heavy atom. The summed E-state index contributed by atoms with van der Waals surface area (Å²) >= 11 is 0. The standard InChI is InChI=1S/C24H18N2O7S/c1-15-3-8-18(9-4-15)23-25-21(24(27)32-23)13-17-6-10-19(11-7-17)33-34(30,31)20-12-5-16(2)22(14-20)26(28)29/h3-14H,1-2H3/b21-13+. The third kappa shape index (κ3) is 4.86. The zero-order chi connectivity index (χ0) is 24.5. The zero-order valence-corrected chi connectivity index (χ0v) is 18.9. The molecule has 9 nitrogen and oxygen atoms in total. The number of ether oxygens (including phenoxy) is 1. The summed E-state index contributed by atoms with van der Waals surface area (Å²) in [6, 6.07) is 16.8. The molecule has 0 spiro atoms. The van der Waals surface area contributed by atoms with Gasteiger partial charge < -0.3 is 8.92 Å². The van der Waals surface area contributed by atoms with Crippen molar-refractivity contribution in [2.45, 2.75) is 18.7 Å². The molecular weight excluding hydrogens is 460 g/mol. The normalized spacial score (nSPS) is 14.6. The van der Waals surface area contributed by atoms with Crippen molar-refractivity contribution in [1.29, 1.82) is 0 Å². The van der Waals surface area contributed by atoms with Gasteiger partial charge in [-0.05, 0) is 55.8 Å². The van der Waals surface area contributed by atoms with Crippen molar-refractivity contribution < 1.29 is 27.1 Å². The fourth-order valence-corrected chi connectivity index (χ4v) is 4.07. The Kier molecular flexibility index (Phi) is 5.99. The van der Waals surface area contributed by atoms with Crippen molar-refractivity contribution in [3.8, 4) is 5.75 Å². The van der Waals surface area contributed by atoms with Gasteiger partial charge in [-0.2, -0.15) is 8.42 Å². The molecule has 0 saturated heterocycles. The van der Waals surface area contributed by atoms with Gasteiger partial charge in [-0.25, -0.2) is 9.79 Å². The van der Waals surface area contributed by atoms with Gasteiger partial charge in [0, 0.05) is 17.2 Å². The largest absolute Gasteiger partial charge is 0.402 e. The van der Waals surface area contributed by atoms with E-state index in [1.807, 2.05) is 19.1 Å². The second kappa shape index (κ2) is 8.91. The monoisotopic (exact) mass is 478 g/mol. The molecule has 0 aliphatic carbocycles. The van der Waals surface area contributed by atoms with E-state index in [1.54, 1.807) is 24.3 Å². The van der Waals surface area contributed by atoms with Gasteiger partial charge in [0.05, 0.1) is 4.92 Å². The number of hydrogen-bond donors (Lipinski definition) is 0. The number of nitro benzene ring substituents is 1. The summed E-state index contributed by atoms with van der Waals surface area (Å²) < 4.78 is 35.4. The number of aliphatic imine (C=N–C) groups is 1. The maximum Gasteiger partial charge on any atom is 0.363 e. The van der Waals surface area contributed by atoms with Crippen LogP contribution in [0.3, 0.4) is 0 Å². The fraction of sp³-hybridized carbons (Fsp3) is 0.0833. The highest BCUT2D eigenvalue weighted by atomic mass is 32.2. The number of hydrogen-bond acceptors (Lipinski definition) is 8. The van der Waals surface area contributed by atoms with E-state index in [-0.39, 0.29) is 27.9 Å². The first kappa shape index (κ1) is 22.9. The van der Waals surface area contributed by atoms with E-state index >= 15 is 0 Å². The zero-order valence-electron chi connectivity index (χ0n) is 18.1. The number of nitro groups is 1. The summed E-state index contributed by atoms with van der Waals surface area (Å²) in [4.78, 5) is 26.5. The number of aryl methyl sites for hydroxylation is 2. The molecule has 172 valence electrons. The van der Waals surface area contributed by atoms with Crippen LogP contribution in [0.4, 0.5) is 5.69 Å². The molecule has 0 radical (unpaired) electrons. The number of nitrogens with zero attached hydrogens (tertiary/aromatic N) is 2. The van der Waals surface area contributed by atoms with Gasteiger partial charge in [-0.15, -0.1) is 0 Å². The Bertz CT molecular complexity index is 1460. The van der Waals surface area contributed by atoms with Crippen LogP contribution >= 0.6 is 0 Å². The lowest BCUT2D eigenvalue weighted by atomic mass is 10.1. The molecule has 1 aliphatic rings. The second-order valence-electron chi connectivity index (χ2n) is 7.51. The first-order valence-electron chi connectivity index (χ1n) is 10.0. The Balaban J connectivity index is 1.53. The van der Waals surface area contributed by atoms with Crippen LogP contribution < -0.4 is 4.18 Å². The summed E-state index contributed by atoms with van der Waals surface area (Å²) in [5.41, 5.74) is 2.42. The highest BCUT2D eigenvalue weighted by Gasteiger charge is 2.24. The topological polar surface area (TPSA) is 125 Å². The highest BCUT2D eigenvalue weighted by Crippen LogP contribution is 2.26. The van der Waals surface area contributed by atoms with Crippen LogP contribution in [0.25, 0.3) is 6.08 Å². The van der Waals surface area contributed by atoms with E-state index in [1.165, 1.54) is 37.3 Å². The lowest BCUT2D eigenvalue weighted by Gasteiger charge is -2.08. The van der Waals surface area contributed by atoms with Crippen molar-refractivity contribution in [2.75, 3.05) is 0 Å². The Hall–Kier alpha value is -4.31. The molecule has 0 aromatic heterocycles. The van der Waals surface area contributed by atoms with Crippen LogP contribution in [0.2, 0.25) is 0 Å². The lowest BCUT2D eigenvalue weighted by Crippen LogP contribution is -2.10. The summed E-state index contributed by atoms with van der Waals surface area (Å²) in [7, 11) is -4.29. The quantitative estimate of drug-likeness (QED) is 0.170. The smallest absolute Gasteiger partial charge is 0.363 e. The first-order chi connectivity index (χ1) is 16.1. The van der Waals surface area contributed by atoms with Crippen molar-refractivity contribution in [2.24, 2.45) is 4.99 Å². The van der Waals surface area contributed by atoms with Gasteiger partial charge in [-0.1, -0.05) is 35.9 Å². The Labute approximate surface area is 195 Å². The van der Waals surface area contributed by atoms with E-state index < -0.39 is 21.0 Å². The summed E-state index contributed by atoms with van der Waals surface area (Å²) in [6.07, 6.45) is 1.51. The number of carbonyl (C=O) groups excluding carboxylic acids is 1. The van der Waals surface area contributed by atoms with E-state index in [2.05, 4.69) is 4.99 Å². The summed E-state index contributed by atoms with van der Waals surface area (Å²) in [5, 5.41) is 11.1. The molecule has 3 aromatic carbocycles. The van der Waals surface area contributed by atoms with Gasteiger partial charge >= 0.3 is 16.1 Å². The minimum absolute atomic E-state index is 0.00298. The number of rotatable bonds is 6. The van der Waals surface area contributed by atoms with Gasteiger partial charge in [0.15, 0.2) is 5.70 Å². The van der Waals surface area contributed by atoms with E-state index in [0.29, 0.717) is 16.7 Å². The number of cyclic esters (lactones) is 1. The molecule has 0 saturated carbocycles. The van der Waals surface area contributed by atoms with Crippen LogP contribution in [0, 0.1) is 24.0 Å². The van der Waals surface area contributed by atoms with E-state index in [4.69, 9.17) is 8.92 Å². The molecule has 0 N–H and O–H groups in total. The Morgan fingerprint density at radius 1 is 1.00 bits per heavy atom. The Morgan fingerprint density at radius 2 is 1.68 bits per heavy atom. The number of benzene rings is 3. The summed E-state index contributed by atoms with van der Waals surface area (Å²) in [5.74, 6) is -0.392. The van der Waals surface area contributed by atoms with E-state index in [9.17, 15) is 23.3 Å². The van der Waals surface area contributed by atoms with E-state index in [0.717, 1.165) is 11.6 Å². The van der Waals surface area contributed by atoms with Crippen molar-refractivity contribution in [3.05, 3.63) is 105 Å². The molecule has 1 aliphatic heterocycles. The van der Waals surface area contributed by atoms with Gasteiger partial charge in [-0.3, -0.25) is 10.1 Å². The molecule has 0 bridgehead atoms. The first-order valence-corrected chi connectivity index (χ1v) is 11.4. The molecule has 0 fully saturated rings.